The van der Waals surface area contributed by atoms with Crippen LogP contribution in [-0.4, -0.2) is 0 Å². The second-order valence-corrected chi connectivity index (χ2v) is 8.22. The molecule has 0 radical (unpaired) electrons. The average molecular weight is 284 g/mol. The molecule has 0 spiro atoms. The average Bonchev–Trinajstić information content (AvgIpc) is 3.03. The van der Waals surface area contributed by atoms with Crippen molar-refractivity contribution in [3.63, 3.8) is 0 Å². The Morgan fingerprint density at radius 1 is 0.684 bits per heavy atom. The van der Waals surface area contributed by atoms with Gasteiger partial charge in [0.15, 0.2) is 7.14 Å². The molecule has 0 saturated heterocycles. The molecule has 3 rings (SSSR count). The lowest BCUT2D eigenvalue weighted by molar-refractivity contribution is 0.593. The van der Waals surface area contributed by atoms with Gasteiger partial charge in [-0.05, 0) is 11.4 Å². The summed E-state index contributed by atoms with van der Waals surface area (Å²) in [4.78, 5) is 0. The first kappa shape index (κ1) is 12.4. The molecule has 3 heteroatoms. The first-order valence-electron chi connectivity index (χ1n) is 6.07. The molecule has 3 aromatic rings. The summed E-state index contributed by atoms with van der Waals surface area (Å²) in [7, 11) is -2.71. The Hall–Kier alpha value is -1.63. The van der Waals surface area contributed by atoms with Crippen LogP contribution in [0.15, 0.2) is 78.2 Å². The number of thiophene rings is 1. The fourth-order valence-corrected chi connectivity index (χ4v) is 6.28. The lowest BCUT2D eigenvalue weighted by Gasteiger charge is -2.17. The maximum atomic E-state index is 13.7. The molecule has 0 aliphatic carbocycles. The van der Waals surface area contributed by atoms with Crippen molar-refractivity contribution in [3.05, 3.63) is 78.2 Å². The van der Waals surface area contributed by atoms with Gasteiger partial charge in [-0.2, -0.15) is 0 Å². The highest BCUT2D eigenvalue weighted by atomic mass is 32.1. The van der Waals surface area contributed by atoms with Crippen molar-refractivity contribution in [2.75, 3.05) is 0 Å². The van der Waals surface area contributed by atoms with E-state index in [1.165, 1.54) is 0 Å². The second-order valence-electron chi connectivity index (χ2n) is 4.23. The highest BCUT2D eigenvalue weighted by molar-refractivity contribution is 7.89. The number of hydrogen-bond acceptors (Lipinski definition) is 2. The summed E-state index contributed by atoms with van der Waals surface area (Å²) in [6, 6.07) is 23.4. The predicted octanol–water partition coefficient (Wildman–Crippen LogP) is 3.39. The zero-order chi connectivity index (χ0) is 13.1. The van der Waals surface area contributed by atoms with E-state index in [-0.39, 0.29) is 0 Å². The van der Waals surface area contributed by atoms with Crippen molar-refractivity contribution in [2.24, 2.45) is 0 Å². The van der Waals surface area contributed by atoms with Crippen LogP contribution < -0.4 is 15.2 Å². The van der Waals surface area contributed by atoms with Crippen molar-refractivity contribution < 1.29 is 4.57 Å². The van der Waals surface area contributed by atoms with Crippen LogP contribution >= 0.6 is 18.5 Å². The first-order valence-corrected chi connectivity index (χ1v) is 8.66. The van der Waals surface area contributed by atoms with E-state index in [9.17, 15) is 4.57 Å². The van der Waals surface area contributed by atoms with E-state index in [1.807, 2.05) is 78.2 Å². The van der Waals surface area contributed by atoms with Crippen molar-refractivity contribution in [3.8, 4) is 0 Å². The molecule has 94 valence electrons. The third kappa shape index (κ3) is 2.18. The van der Waals surface area contributed by atoms with Crippen molar-refractivity contribution >= 4 is 33.7 Å². The van der Waals surface area contributed by atoms with E-state index in [0.717, 1.165) is 15.2 Å². The van der Waals surface area contributed by atoms with Gasteiger partial charge in [0.1, 0.15) is 0 Å². The van der Waals surface area contributed by atoms with Crippen LogP contribution in [0.5, 0.6) is 0 Å². The quantitative estimate of drug-likeness (QED) is 0.674. The minimum absolute atomic E-state index is 0.892. The third-order valence-corrected chi connectivity index (χ3v) is 7.63. The van der Waals surface area contributed by atoms with E-state index in [1.54, 1.807) is 11.3 Å². The molecule has 0 unspecified atom stereocenters. The van der Waals surface area contributed by atoms with Crippen LogP contribution in [0.4, 0.5) is 0 Å². The van der Waals surface area contributed by atoms with Crippen LogP contribution in [0, 0.1) is 0 Å². The van der Waals surface area contributed by atoms with Gasteiger partial charge in [-0.1, -0.05) is 66.7 Å². The summed E-state index contributed by atoms with van der Waals surface area (Å²) in [5.74, 6) is 0. The van der Waals surface area contributed by atoms with Crippen molar-refractivity contribution in [1.29, 1.82) is 0 Å². The largest absolute Gasteiger partial charge is 0.308 e. The molecule has 1 aromatic heterocycles. The summed E-state index contributed by atoms with van der Waals surface area (Å²) in [5, 5.41) is 3.76. The maximum absolute atomic E-state index is 13.7. The topological polar surface area (TPSA) is 17.1 Å². The molecule has 0 aliphatic rings. The Labute approximate surface area is 116 Å². The zero-order valence-electron chi connectivity index (χ0n) is 10.3. The molecule has 19 heavy (non-hydrogen) atoms. The van der Waals surface area contributed by atoms with Gasteiger partial charge in [0.05, 0.1) is 4.62 Å². The maximum Gasteiger partial charge on any atom is 0.180 e. The van der Waals surface area contributed by atoms with Gasteiger partial charge in [-0.3, -0.25) is 0 Å². The van der Waals surface area contributed by atoms with E-state index >= 15 is 0 Å². The Morgan fingerprint density at radius 3 is 1.63 bits per heavy atom. The fourth-order valence-electron chi connectivity index (χ4n) is 2.13. The zero-order valence-corrected chi connectivity index (χ0v) is 12.0. The van der Waals surface area contributed by atoms with E-state index in [4.69, 9.17) is 0 Å². The highest BCUT2D eigenvalue weighted by Crippen LogP contribution is 2.43. The van der Waals surface area contributed by atoms with Crippen LogP contribution in [0.1, 0.15) is 0 Å². The molecule has 0 amide bonds. The van der Waals surface area contributed by atoms with Gasteiger partial charge >= 0.3 is 0 Å². The standard InChI is InChI=1S/C16H13OPS/c17-18(16-12-7-13-19-16,14-8-3-1-4-9-14)15-10-5-2-6-11-15/h1-13H. The molecule has 0 atom stereocenters. The van der Waals surface area contributed by atoms with Gasteiger partial charge in [-0.25, -0.2) is 0 Å². The monoisotopic (exact) mass is 284 g/mol. The second kappa shape index (κ2) is 5.16. The Balaban J connectivity index is 2.26. The molecule has 1 heterocycles. The first-order chi connectivity index (χ1) is 9.32. The lowest BCUT2D eigenvalue weighted by atomic mass is 10.4. The van der Waals surface area contributed by atoms with Crippen LogP contribution in [-0.2, 0) is 4.57 Å². The van der Waals surface area contributed by atoms with Crippen LogP contribution in [0.3, 0.4) is 0 Å². The van der Waals surface area contributed by atoms with Crippen molar-refractivity contribution in [2.45, 2.75) is 0 Å². The SMILES string of the molecule is O=P(c1ccccc1)(c1ccccc1)c1cccs1. The van der Waals surface area contributed by atoms with Crippen LogP contribution in [0.2, 0.25) is 0 Å². The van der Waals surface area contributed by atoms with Crippen molar-refractivity contribution in [1.82, 2.24) is 0 Å². The van der Waals surface area contributed by atoms with E-state index < -0.39 is 7.14 Å². The lowest BCUT2D eigenvalue weighted by Crippen LogP contribution is -2.22. The van der Waals surface area contributed by atoms with Gasteiger partial charge in [0, 0.05) is 10.6 Å². The summed E-state index contributed by atoms with van der Waals surface area (Å²) in [6.45, 7) is 0. The molecular formula is C16H13OPS. The summed E-state index contributed by atoms with van der Waals surface area (Å²) < 4.78 is 14.6. The molecule has 0 bridgehead atoms. The minimum Gasteiger partial charge on any atom is -0.308 e. The molecule has 0 aliphatic heterocycles. The molecular weight excluding hydrogens is 271 g/mol. The fraction of sp³-hybridized carbons (Fsp3) is 0. The van der Waals surface area contributed by atoms with E-state index in [2.05, 4.69) is 0 Å². The number of hydrogen-bond donors (Lipinski definition) is 0. The third-order valence-electron chi connectivity index (χ3n) is 3.06. The minimum atomic E-state index is -2.71. The van der Waals surface area contributed by atoms with Crippen LogP contribution in [0.25, 0.3) is 0 Å². The number of benzene rings is 2. The Bertz CT molecular complexity index is 647. The number of rotatable bonds is 3. The summed E-state index contributed by atoms with van der Waals surface area (Å²) in [6.07, 6.45) is 0. The molecule has 0 saturated carbocycles. The molecule has 2 aromatic carbocycles. The summed E-state index contributed by atoms with van der Waals surface area (Å²) in [5.41, 5.74) is 0. The van der Waals surface area contributed by atoms with Gasteiger partial charge < -0.3 is 4.57 Å². The van der Waals surface area contributed by atoms with Gasteiger partial charge in [-0.15, -0.1) is 11.3 Å². The highest BCUT2D eigenvalue weighted by Gasteiger charge is 2.30. The normalized spacial score (nSPS) is 11.4. The van der Waals surface area contributed by atoms with E-state index in [0.29, 0.717) is 0 Å². The Kier molecular flexibility index (Phi) is 3.37. The molecule has 0 fully saturated rings. The Morgan fingerprint density at radius 2 is 1.21 bits per heavy atom. The molecule has 0 N–H and O–H groups in total. The van der Waals surface area contributed by atoms with Gasteiger partial charge in [0.25, 0.3) is 0 Å². The molecule has 1 nitrogen and oxygen atoms in total. The van der Waals surface area contributed by atoms with Gasteiger partial charge in [0.2, 0.25) is 0 Å². The smallest absolute Gasteiger partial charge is 0.180 e. The predicted molar refractivity (Wildman–Crippen MR) is 83.7 cm³/mol. The summed E-state index contributed by atoms with van der Waals surface area (Å²) >= 11 is 1.56.